The van der Waals surface area contributed by atoms with Gasteiger partial charge in [-0.1, -0.05) is 12.1 Å². The van der Waals surface area contributed by atoms with E-state index in [4.69, 9.17) is 9.31 Å². The third-order valence-electron chi connectivity index (χ3n) is 4.02. The number of aromatic nitrogens is 1. The van der Waals surface area contributed by atoms with Gasteiger partial charge in [-0.05, 0) is 51.7 Å². The van der Waals surface area contributed by atoms with Gasteiger partial charge in [0.1, 0.15) is 0 Å². The van der Waals surface area contributed by atoms with Gasteiger partial charge < -0.3 is 9.31 Å². The summed E-state index contributed by atoms with van der Waals surface area (Å²) in [5.41, 5.74) is 2.40. The van der Waals surface area contributed by atoms with E-state index in [1.807, 2.05) is 31.3 Å². The molecule has 1 aromatic heterocycles. The number of rotatable bonds is 3. The van der Waals surface area contributed by atoms with Crippen LogP contribution in [-0.2, 0) is 9.31 Å². The summed E-state index contributed by atoms with van der Waals surface area (Å²) in [6.45, 7) is 10.2. The van der Waals surface area contributed by atoms with Crippen LogP contribution in [0.3, 0.4) is 0 Å². The SMILES string of the molecule is Cc1ccc(C=C(CS)B2OC(C)(C)C(C)(C)O2)cn1. The lowest BCUT2D eigenvalue weighted by Gasteiger charge is -2.32. The Kier molecular flexibility index (Phi) is 4.33. The van der Waals surface area contributed by atoms with Crippen LogP contribution >= 0.6 is 12.6 Å². The highest BCUT2D eigenvalue weighted by molar-refractivity contribution is 7.80. The number of hydrogen-bond acceptors (Lipinski definition) is 4. The largest absolute Gasteiger partial charge is 0.491 e. The Hall–Kier alpha value is -0.775. The highest BCUT2D eigenvalue weighted by Gasteiger charge is 2.52. The van der Waals surface area contributed by atoms with Crippen molar-refractivity contribution >= 4 is 25.8 Å². The molecule has 2 rings (SSSR count). The molecule has 2 heterocycles. The summed E-state index contributed by atoms with van der Waals surface area (Å²) >= 11 is 4.41. The van der Waals surface area contributed by atoms with Crippen molar-refractivity contribution in [3.05, 3.63) is 35.1 Å². The molecule has 0 N–H and O–H groups in total. The van der Waals surface area contributed by atoms with E-state index in [1.54, 1.807) is 0 Å². The first-order valence-electron chi connectivity index (χ1n) is 6.85. The predicted octanol–water partition coefficient (Wildman–Crippen LogP) is 3.33. The summed E-state index contributed by atoms with van der Waals surface area (Å²) in [5, 5.41) is 0. The molecule has 0 unspecified atom stereocenters. The molecule has 108 valence electrons. The third kappa shape index (κ3) is 3.10. The summed E-state index contributed by atoms with van der Waals surface area (Å²) in [7, 11) is -0.348. The Balaban J connectivity index is 2.24. The molecule has 0 saturated carbocycles. The van der Waals surface area contributed by atoms with Crippen molar-refractivity contribution < 1.29 is 9.31 Å². The zero-order valence-corrected chi connectivity index (χ0v) is 13.7. The third-order valence-corrected chi connectivity index (χ3v) is 4.39. The molecule has 1 saturated heterocycles. The second-order valence-corrected chi connectivity index (χ2v) is 6.51. The molecule has 1 aliphatic heterocycles. The number of hydrogen-bond donors (Lipinski definition) is 1. The Bertz CT molecular complexity index is 495. The number of aryl methyl sites for hydroxylation is 1. The minimum absolute atomic E-state index is 0.328. The number of pyridine rings is 1. The van der Waals surface area contributed by atoms with Crippen molar-refractivity contribution in [2.45, 2.75) is 45.8 Å². The Morgan fingerprint density at radius 2 is 1.85 bits per heavy atom. The zero-order valence-electron chi connectivity index (χ0n) is 12.8. The zero-order chi connectivity index (χ0) is 15.0. The minimum atomic E-state index is -0.348. The molecule has 0 radical (unpaired) electrons. The lowest BCUT2D eigenvalue weighted by Crippen LogP contribution is -2.41. The topological polar surface area (TPSA) is 31.4 Å². The maximum atomic E-state index is 6.05. The summed E-state index contributed by atoms with van der Waals surface area (Å²) < 4.78 is 12.1. The van der Waals surface area contributed by atoms with Crippen LogP contribution in [-0.4, -0.2) is 29.1 Å². The van der Waals surface area contributed by atoms with Crippen molar-refractivity contribution in [2.24, 2.45) is 0 Å². The second-order valence-electron chi connectivity index (χ2n) is 6.20. The fourth-order valence-corrected chi connectivity index (χ4v) is 2.20. The van der Waals surface area contributed by atoms with Crippen LogP contribution in [0.1, 0.15) is 39.0 Å². The van der Waals surface area contributed by atoms with Crippen LogP contribution < -0.4 is 0 Å². The van der Waals surface area contributed by atoms with Crippen LogP contribution in [0.2, 0.25) is 0 Å². The van der Waals surface area contributed by atoms with Gasteiger partial charge in [0.15, 0.2) is 0 Å². The van der Waals surface area contributed by atoms with E-state index in [2.05, 4.69) is 45.3 Å². The molecular formula is C15H22BNO2S. The van der Waals surface area contributed by atoms with E-state index in [-0.39, 0.29) is 18.3 Å². The van der Waals surface area contributed by atoms with Gasteiger partial charge in [-0.25, -0.2) is 0 Å². The smallest absolute Gasteiger partial charge is 0.400 e. The van der Waals surface area contributed by atoms with Crippen molar-refractivity contribution in [3.63, 3.8) is 0 Å². The van der Waals surface area contributed by atoms with Crippen LogP contribution in [0.15, 0.2) is 23.8 Å². The minimum Gasteiger partial charge on any atom is -0.400 e. The molecule has 1 fully saturated rings. The molecule has 5 heteroatoms. The van der Waals surface area contributed by atoms with Gasteiger partial charge >= 0.3 is 7.12 Å². The van der Waals surface area contributed by atoms with E-state index < -0.39 is 0 Å². The number of thiol groups is 1. The molecule has 0 spiro atoms. The molecule has 3 nitrogen and oxygen atoms in total. The first-order valence-corrected chi connectivity index (χ1v) is 7.48. The average Bonchev–Trinajstić information content (AvgIpc) is 2.57. The maximum Gasteiger partial charge on any atom is 0.491 e. The van der Waals surface area contributed by atoms with Crippen molar-refractivity contribution in [3.8, 4) is 0 Å². The summed E-state index contributed by atoms with van der Waals surface area (Å²) in [6, 6.07) is 4.03. The van der Waals surface area contributed by atoms with Gasteiger partial charge in [-0.15, -0.1) is 0 Å². The second kappa shape index (κ2) is 5.55. The van der Waals surface area contributed by atoms with Gasteiger partial charge in [0, 0.05) is 17.6 Å². The van der Waals surface area contributed by atoms with Gasteiger partial charge in [0.05, 0.1) is 11.2 Å². The fourth-order valence-electron chi connectivity index (χ4n) is 1.96. The predicted molar refractivity (Wildman–Crippen MR) is 86.9 cm³/mol. The van der Waals surface area contributed by atoms with Gasteiger partial charge in [0.25, 0.3) is 0 Å². The summed E-state index contributed by atoms with van der Waals surface area (Å²) in [4.78, 5) is 4.30. The lowest BCUT2D eigenvalue weighted by atomic mass is 9.78. The molecule has 0 aromatic carbocycles. The van der Waals surface area contributed by atoms with E-state index in [9.17, 15) is 0 Å². The first kappa shape index (κ1) is 15.6. The van der Waals surface area contributed by atoms with E-state index in [0.717, 1.165) is 16.7 Å². The van der Waals surface area contributed by atoms with Crippen LogP contribution in [0.5, 0.6) is 0 Å². The van der Waals surface area contributed by atoms with E-state index in [1.165, 1.54) is 0 Å². The summed E-state index contributed by atoms with van der Waals surface area (Å²) in [5.74, 6) is 0.588. The lowest BCUT2D eigenvalue weighted by molar-refractivity contribution is 0.00578. The van der Waals surface area contributed by atoms with Gasteiger partial charge in [-0.2, -0.15) is 12.6 Å². The maximum absolute atomic E-state index is 6.05. The monoisotopic (exact) mass is 291 g/mol. The van der Waals surface area contributed by atoms with Crippen LogP contribution in [0, 0.1) is 6.92 Å². The molecule has 0 aliphatic carbocycles. The highest BCUT2D eigenvalue weighted by atomic mass is 32.1. The van der Waals surface area contributed by atoms with Gasteiger partial charge in [-0.3, -0.25) is 4.98 Å². The molecule has 20 heavy (non-hydrogen) atoms. The Morgan fingerprint density at radius 3 is 2.30 bits per heavy atom. The number of nitrogens with zero attached hydrogens (tertiary/aromatic N) is 1. The molecule has 0 bridgehead atoms. The first-order chi connectivity index (χ1) is 9.25. The van der Waals surface area contributed by atoms with Crippen molar-refractivity contribution in [1.82, 2.24) is 4.98 Å². The molecule has 0 amide bonds. The molecular weight excluding hydrogens is 269 g/mol. The molecule has 1 aliphatic rings. The molecule has 0 atom stereocenters. The standard InChI is InChI=1S/C15H22BNO2S/c1-11-6-7-12(9-17-11)8-13(10-20)16-18-14(2,3)15(4,5)19-16/h6-9,20H,10H2,1-5H3. The van der Waals surface area contributed by atoms with Crippen LogP contribution in [0.25, 0.3) is 6.08 Å². The van der Waals surface area contributed by atoms with Gasteiger partial charge in [0.2, 0.25) is 0 Å². The normalized spacial score (nSPS) is 21.3. The fraction of sp³-hybridized carbons (Fsp3) is 0.533. The Morgan fingerprint density at radius 1 is 1.25 bits per heavy atom. The quantitative estimate of drug-likeness (QED) is 0.684. The van der Waals surface area contributed by atoms with E-state index in [0.29, 0.717) is 5.75 Å². The van der Waals surface area contributed by atoms with Crippen molar-refractivity contribution in [1.29, 1.82) is 0 Å². The van der Waals surface area contributed by atoms with Crippen molar-refractivity contribution in [2.75, 3.05) is 5.75 Å². The molecule has 1 aromatic rings. The van der Waals surface area contributed by atoms with Crippen LogP contribution in [0.4, 0.5) is 0 Å². The van der Waals surface area contributed by atoms with E-state index >= 15 is 0 Å². The highest BCUT2D eigenvalue weighted by Crippen LogP contribution is 2.38. The Labute approximate surface area is 127 Å². The summed E-state index contributed by atoms with van der Waals surface area (Å²) in [6.07, 6.45) is 3.89. The average molecular weight is 291 g/mol.